The maximum Gasteiger partial charge on any atom is 0.266 e. The number of hydrogen-bond donors (Lipinski definition) is 0. The second kappa shape index (κ2) is 7.73. The standard InChI is InChI=1S/C21H13ClF2N2OS/c22-15-7-5-9-16(23)14(15)12-28-21-25-18-10-3-1-6-13(18)20(27)26(21)19-11-4-2-8-17(19)24/h1-11H,12H2. The molecule has 0 amide bonds. The van der Waals surface area contributed by atoms with Gasteiger partial charge in [0.15, 0.2) is 5.16 Å². The number of aromatic nitrogens is 2. The monoisotopic (exact) mass is 414 g/mol. The van der Waals surface area contributed by atoms with Crippen molar-refractivity contribution in [2.75, 3.05) is 0 Å². The van der Waals surface area contributed by atoms with Gasteiger partial charge in [0.05, 0.1) is 16.6 Å². The van der Waals surface area contributed by atoms with E-state index in [2.05, 4.69) is 4.98 Å². The molecule has 0 aliphatic heterocycles. The van der Waals surface area contributed by atoms with Crippen LogP contribution in [-0.2, 0) is 5.75 Å². The van der Waals surface area contributed by atoms with Gasteiger partial charge in [-0.3, -0.25) is 9.36 Å². The fourth-order valence-corrected chi connectivity index (χ4v) is 4.21. The predicted octanol–water partition coefficient (Wildman–Crippen LogP) is 5.61. The number of benzene rings is 3. The SMILES string of the molecule is O=c1c2ccccc2nc(SCc2c(F)cccc2Cl)n1-c1ccccc1F. The second-order valence-corrected chi connectivity index (χ2v) is 7.34. The van der Waals surface area contributed by atoms with E-state index in [-0.39, 0.29) is 21.6 Å². The molecule has 0 radical (unpaired) electrons. The third-order valence-corrected chi connectivity index (χ3v) is 5.56. The van der Waals surface area contributed by atoms with Crippen molar-refractivity contribution in [3.8, 4) is 5.69 Å². The van der Waals surface area contributed by atoms with E-state index in [0.717, 1.165) is 11.8 Å². The molecule has 0 bridgehead atoms. The van der Waals surface area contributed by atoms with Gasteiger partial charge in [-0.1, -0.05) is 53.7 Å². The summed E-state index contributed by atoms with van der Waals surface area (Å²) in [4.78, 5) is 17.6. The van der Waals surface area contributed by atoms with Crippen LogP contribution >= 0.6 is 23.4 Å². The first-order chi connectivity index (χ1) is 13.6. The maximum absolute atomic E-state index is 14.4. The fraction of sp³-hybridized carbons (Fsp3) is 0.0476. The first kappa shape index (κ1) is 18.7. The van der Waals surface area contributed by atoms with E-state index in [0.29, 0.717) is 16.5 Å². The van der Waals surface area contributed by atoms with Gasteiger partial charge in [-0.25, -0.2) is 13.8 Å². The topological polar surface area (TPSA) is 34.9 Å². The molecule has 0 saturated carbocycles. The highest BCUT2D eigenvalue weighted by Gasteiger charge is 2.17. The Labute approximate surface area is 168 Å². The molecule has 0 atom stereocenters. The normalized spacial score (nSPS) is 11.1. The van der Waals surface area contributed by atoms with Crippen LogP contribution in [0.5, 0.6) is 0 Å². The van der Waals surface area contributed by atoms with Gasteiger partial charge in [-0.2, -0.15) is 0 Å². The molecule has 28 heavy (non-hydrogen) atoms. The molecule has 1 aromatic heterocycles. The number of halogens is 3. The minimum Gasteiger partial charge on any atom is -0.268 e. The van der Waals surface area contributed by atoms with E-state index in [4.69, 9.17) is 11.6 Å². The van der Waals surface area contributed by atoms with Crippen molar-refractivity contribution in [2.45, 2.75) is 10.9 Å². The quantitative estimate of drug-likeness (QED) is 0.321. The van der Waals surface area contributed by atoms with Crippen molar-refractivity contribution in [2.24, 2.45) is 0 Å². The lowest BCUT2D eigenvalue weighted by Gasteiger charge is -2.14. The smallest absolute Gasteiger partial charge is 0.266 e. The number of rotatable bonds is 4. The largest absolute Gasteiger partial charge is 0.268 e. The van der Waals surface area contributed by atoms with Crippen LogP contribution in [-0.4, -0.2) is 9.55 Å². The summed E-state index contributed by atoms with van der Waals surface area (Å²) in [6.45, 7) is 0. The van der Waals surface area contributed by atoms with E-state index >= 15 is 0 Å². The van der Waals surface area contributed by atoms with Crippen molar-refractivity contribution in [1.29, 1.82) is 0 Å². The van der Waals surface area contributed by atoms with Gasteiger partial charge in [0, 0.05) is 16.3 Å². The summed E-state index contributed by atoms with van der Waals surface area (Å²) >= 11 is 7.22. The maximum atomic E-state index is 14.4. The molecular weight excluding hydrogens is 402 g/mol. The number of para-hydroxylation sites is 2. The lowest BCUT2D eigenvalue weighted by atomic mass is 10.2. The van der Waals surface area contributed by atoms with E-state index in [1.54, 1.807) is 42.5 Å². The highest BCUT2D eigenvalue weighted by atomic mass is 35.5. The summed E-state index contributed by atoms with van der Waals surface area (Å²) in [7, 11) is 0. The van der Waals surface area contributed by atoms with Gasteiger partial charge in [0.1, 0.15) is 11.6 Å². The molecule has 1 heterocycles. The van der Waals surface area contributed by atoms with E-state index in [9.17, 15) is 13.6 Å². The third-order valence-electron chi connectivity index (χ3n) is 4.25. The molecule has 3 aromatic carbocycles. The molecule has 4 rings (SSSR count). The van der Waals surface area contributed by atoms with Gasteiger partial charge < -0.3 is 0 Å². The van der Waals surface area contributed by atoms with Crippen LogP contribution in [0.15, 0.2) is 76.7 Å². The zero-order valence-corrected chi connectivity index (χ0v) is 16.0. The first-order valence-electron chi connectivity index (χ1n) is 8.38. The molecule has 0 aliphatic rings. The summed E-state index contributed by atoms with van der Waals surface area (Å²) < 4.78 is 29.8. The molecule has 0 saturated heterocycles. The Morgan fingerprint density at radius 1 is 0.929 bits per heavy atom. The minimum atomic E-state index is -0.549. The Morgan fingerprint density at radius 3 is 2.43 bits per heavy atom. The summed E-state index contributed by atoms with van der Waals surface area (Å²) in [5, 5.41) is 0.917. The lowest BCUT2D eigenvalue weighted by molar-refractivity contribution is 0.607. The Morgan fingerprint density at radius 2 is 1.64 bits per heavy atom. The van der Waals surface area contributed by atoms with Crippen LogP contribution in [0, 0.1) is 11.6 Å². The average Bonchev–Trinajstić information content (AvgIpc) is 2.69. The van der Waals surface area contributed by atoms with E-state index in [1.807, 2.05) is 0 Å². The highest BCUT2D eigenvalue weighted by molar-refractivity contribution is 7.98. The van der Waals surface area contributed by atoms with Crippen LogP contribution in [0.25, 0.3) is 16.6 Å². The van der Waals surface area contributed by atoms with Gasteiger partial charge in [0.25, 0.3) is 5.56 Å². The summed E-state index contributed by atoms with van der Waals surface area (Å²) in [6.07, 6.45) is 0. The van der Waals surface area contributed by atoms with E-state index in [1.165, 1.54) is 28.8 Å². The molecule has 3 nitrogen and oxygen atoms in total. The number of nitrogens with zero attached hydrogens (tertiary/aromatic N) is 2. The number of fused-ring (bicyclic) bond motifs is 1. The Bertz CT molecular complexity index is 1220. The van der Waals surface area contributed by atoms with Crippen molar-refractivity contribution in [3.63, 3.8) is 0 Å². The van der Waals surface area contributed by atoms with Gasteiger partial charge in [-0.15, -0.1) is 0 Å². The molecule has 7 heteroatoms. The zero-order valence-electron chi connectivity index (χ0n) is 14.4. The van der Waals surface area contributed by atoms with Gasteiger partial charge >= 0.3 is 0 Å². The van der Waals surface area contributed by atoms with Crippen LogP contribution in [0.4, 0.5) is 8.78 Å². The Kier molecular flexibility index (Phi) is 5.15. The van der Waals surface area contributed by atoms with Crippen LogP contribution in [0.2, 0.25) is 5.02 Å². The predicted molar refractivity (Wildman–Crippen MR) is 108 cm³/mol. The zero-order chi connectivity index (χ0) is 19.7. The summed E-state index contributed by atoms with van der Waals surface area (Å²) in [5.41, 5.74) is 0.490. The van der Waals surface area contributed by atoms with Crippen molar-refractivity contribution in [3.05, 3.63) is 99.3 Å². The summed E-state index contributed by atoms with van der Waals surface area (Å²) in [6, 6.07) is 17.3. The number of thioether (sulfide) groups is 1. The number of hydrogen-bond acceptors (Lipinski definition) is 3. The first-order valence-corrected chi connectivity index (χ1v) is 9.75. The fourth-order valence-electron chi connectivity index (χ4n) is 2.86. The minimum absolute atomic E-state index is 0.0906. The molecule has 0 aliphatic carbocycles. The molecule has 0 spiro atoms. The second-order valence-electron chi connectivity index (χ2n) is 5.99. The Hall–Kier alpha value is -2.70. The molecular formula is C21H13ClF2N2OS. The van der Waals surface area contributed by atoms with Crippen LogP contribution in [0.1, 0.15) is 5.56 Å². The van der Waals surface area contributed by atoms with E-state index < -0.39 is 17.2 Å². The van der Waals surface area contributed by atoms with Crippen molar-refractivity contribution in [1.82, 2.24) is 9.55 Å². The van der Waals surface area contributed by atoms with Gasteiger partial charge in [-0.05, 0) is 36.4 Å². The van der Waals surface area contributed by atoms with Crippen LogP contribution < -0.4 is 5.56 Å². The molecule has 0 fully saturated rings. The third kappa shape index (κ3) is 3.41. The molecule has 140 valence electrons. The van der Waals surface area contributed by atoms with Gasteiger partial charge in [0.2, 0.25) is 0 Å². The lowest BCUT2D eigenvalue weighted by Crippen LogP contribution is -2.22. The highest BCUT2D eigenvalue weighted by Crippen LogP contribution is 2.29. The van der Waals surface area contributed by atoms with Crippen molar-refractivity contribution < 1.29 is 8.78 Å². The summed E-state index contributed by atoms with van der Waals surface area (Å²) in [5.74, 6) is -0.849. The molecule has 0 N–H and O–H groups in total. The average molecular weight is 415 g/mol. The van der Waals surface area contributed by atoms with Crippen molar-refractivity contribution >= 4 is 34.3 Å². The van der Waals surface area contributed by atoms with Crippen LogP contribution in [0.3, 0.4) is 0 Å². The Balaban J connectivity index is 1.88. The molecule has 0 unspecified atom stereocenters. The molecule has 4 aromatic rings.